The van der Waals surface area contributed by atoms with Crippen molar-refractivity contribution < 1.29 is 0 Å². The molecule has 0 saturated heterocycles. The van der Waals surface area contributed by atoms with Gasteiger partial charge >= 0.3 is 0 Å². The van der Waals surface area contributed by atoms with Crippen molar-refractivity contribution in [3.8, 4) is 0 Å². The smallest absolute Gasteiger partial charge is 0.0138 e. The average Bonchev–Trinajstić information content (AvgIpc) is 1.63. The molecule has 0 N–H and O–H groups in total. The van der Waals surface area contributed by atoms with Crippen LogP contribution < -0.4 is 0 Å². The molecule has 0 nitrogen and oxygen atoms in total. The second-order valence-corrected chi connectivity index (χ2v) is 4.36. The fourth-order valence-corrected chi connectivity index (χ4v) is 1.91. The van der Waals surface area contributed by atoms with Gasteiger partial charge in [-0.1, -0.05) is 27.7 Å². The molecule has 0 aliphatic rings. The van der Waals surface area contributed by atoms with Gasteiger partial charge in [-0.2, -0.15) is 11.8 Å². The van der Waals surface area contributed by atoms with Crippen LogP contribution >= 0.6 is 11.8 Å². The van der Waals surface area contributed by atoms with E-state index in [0.29, 0.717) is 0 Å². The van der Waals surface area contributed by atoms with Gasteiger partial charge in [-0.3, -0.25) is 0 Å². The van der Waals surface area contributed by atoms with E-state index in [1.54, 1.807) is 0 Å². The summed E-state index contributed by atoms with van der Waals surface area (Å²) in [4.78, 5) is 0. The van der Waals surface area contributed by atoms with Crippen molar-refractivity contribution in [3.05, 3.63) is 5.75 Å². The second kappa shape index (κ2) is 5.16. The molecule has 0 aliphatic carbocycles. The normalized spacial score (nSPS) is 14.3. The first kappa shape index (κ1) is 9.35. The molecule has 1 unspecified atom stereocenters. The van der Waals surface area contributed by atoms with Gasteiger partial charge in [0, 0.05) is 11.0 Å². The Morgan fingerprint density at radius 2 is 1.89 bits per heavy atom. The maximum Gasteiger partial charge on any atom is 0.0138 e. The Morgan fingerprint density at radius 1 is 1.33 bits per heavy atom. The summed E-state index contributed by atoms with van der Waals surface area (Å²) in [5, 5.41) is 0.801. The van der Waals surface area contributed by atoms with Crippen molar-refractivity contribution in [2.75, 3.05) is 0 Å². The van der Waals surface area contributed by atoms with Crippen molar-refractivity contribution in [1.29, 1.82) is 0 Å². The Bertz CT molecular complexity index is 59.6. The fraction of sp³-hybridized carbons (Fsp3) is 0.875. The Balaban J connectivity index is 3.15. The molecule has 0 bridgehead atoms. The molecule has 1 atom stereocenters. The lowest BCUT2D eigenvalue weighted by Gasteiger charge is -2.11. The van der Waals surface area contributed by atoms with Gasteiger partial charge in [0.2, 0.25) is 0 Å². The highest BCUT2D eigenvalue weighted by Crippen LogP contribution is 2.19. The Labute approximate surface area is 63.4 Å². The van der Waals surface area contributed by atoms with Crippen LogP contribution in [0.25, 0.3) is 0 Å². The first-order chi connectivity index (χ1) is 4.16. The molecule has 0 aliphatic heterocycles. The van der Waals surface area contributed by atoms with E-state index in [2.05, 4.69) is 33.4 Å². The van der Waals surface area contributed by atoms with Crippen LogP contribution in [-0.2, 0) is 0 Å². The average molecular weight is 145 g/mol. The maximum atomic E-state index is 2.28. The molecule has 0 rings (SSSR count). The van der Waals surface area contributed by atoms with E-state index in [0.717, 1.165) is 11.2 Å². The Kier molecular flexibility index (Phi) is 5.36. The van der Waals surface area contributed by atoms with Gasteiger partial charge in [-0.15, -0.1) is 0 Å². The minimum absolute atomic E-state index is 0.801. The van der Waals surface area contributed by atoms with Crippen molar-refractivity contribution in [2.45, 2.75) is 39.4 Å². The van der Waals surface area contributed by atoms with Gasteiger partial charge in [0.25, 0.3) is 0 Å². The summed E-state index contributed by atoms with van der Waals surface area (Å²) < 4.78 is 0. The largest absolute Gasteiger partial charge is 0.155 e. The minimum atomic E-state index is 0.801. The number of hydrogen-bond donors (Lipinski definition) is 0. The molecule has 1 radical (unpaired) electrons. The van der Waals surface area contributed by atoms with Gasteiger partial charge in [0.05, 0.1) is 0 Å². The molecule has 0 amide bonds. The molecule has 0 aromatic heterocycles. The lowest BCUT2D eigenvalue weighted by atomic mass is 10.1. The Morgan fingerprint density at radius 3 is 2.22 bits per heavy atom. The van der Waals surface area contributed by atoms with E-state index in [1.807, 2.05) is 11.8 Å². The molecule has 0 fully saturated rings. The van der Waals surface area contributed by atoms with Crippen LogP contribution in [0.4, 0.5) is 0 Å². The molecule has 0 spiro atoms. The highest BCUT2D eigenvalue weighted by molar-refractivity contribution is 8.01. The van der Waals surface area contributed by atoms with E-state index < -0.39 is 0 Å². The first-order valence-electron chi connectivity index (χ1n) is 3.60. The van der Waals surface area contributed by atoms with E-state index in [4.69, 9.17) is 0 Å². The molecule has 0 aromatic rings. The first-order valence-corrected chi connectivity index (χ1v) is 4.54. The predicted octanol–water partition coefficient (Wildman–Crippen LogP) is 3.34. The van der Waals surface area contributed by atoms with Crippen LogP contribution in [0, 0.1) is 11.7 Å². The third-order valence-corrected chi connectivity index (χ3v) is 2.10. The zero-order valence-corrected chi connectivity index (χ0v) is 7.66. The van der Waals surface area contributed by atoms with Gasteiger partial charge in [0.15, 0.2) is 0 Å². The van der Waals surface area contributed by atoms with Crippen LogP contribution in [0.2, 0.25) is 0 Å². The summed E-state index contributed by atoms with van der Waals surface area (Å²) >= 11 is 1.93. The van der Waals surface area contributed by atoms with E-state index >= 15 is 0 Å². The molecule has 0 heterocycles. The van der Waals surface area contributed by atoms with Gasteiger partial charge < -0.3 is 0 Å². The zero-order chi connectivity index (χ0) is 7.28. The summed E-state index contributed by atoms with van der Waals surface area (Å²) in [5.41, 5.74) is 0. The maximum absolute atomic E-state index is 2.28. The predicted molar refractivity (Wildman–Crippen MR) is 46.5 cm³/mol. The molecule has 55 valence electrons. The monoisotopic (exact) mass is 145 g/mol. The van der Waals surface area contributed by atoms with E-state index in [9.17, 15) is 0 Å². The van der Waals surface area contributed by atoms with Gasteiger partial charge in [-0.05, 0) is 12.3 Å². The highest BCUT2D eigenvalue weighted by atomic mass is 32.2. The molecule has 0 saturated carbocycles. The van der Waals surface area contributed by atoms with Gasteiger partial charge in [0.1, 0.15) is 0 Å². The van der Waals surface area contributed by atoms with E-state index in [-0.39, 0.29) is 0 Å². The summed E-state index contributed by atoms with van der Waals surface area (Å²) in [6.45, 7) is 8.92. The van der Waals surface area contributed by atoms with Crippen LogP contribution in [0.15, 0.2) is 0 Å². The van der Waals surface area contributed by atoms with E-state index in [1.165, 1.54) is 6.42 Å². The molecular weight excluding hydrogens is 128 g/mol. The highest BCUT2D eigenvalue weighted by Gasteiger charge is 2.02. The minimum Gasteiger partial charge on any atom is -0.155 e. The van der Waals surface area contributed by atoms with Crippen LogP contribution in [0.3, 0.4) is 0 Å². The fourth-order valence-electron chi connectivity index (χ4n) is 0.952. The van der Waals surface area contributed by atoms with Crippen molar-refractivity contribution in [2.24, 2.45) is 5.92 Å². The zero-order valence-electron chi connectivity index (χ0n) is 6.85. The van der Waals surface area contributed by atoms with Gasteiger partial charge in [-0.25, -0.2) is 0 Å². The van der Waals surface area contributed by atoms with Crippen molar-refractivity contribution >= 4 is 11.8 Å². The standard InChI is InChI=1S/C8H17S/c1-5-9-8(4)6-7(2)3/h5,7-8H,6H2,1-4H3. The van der Waals surface area contributed by atoms with Crippen LogP contribution in [0.5, 0.6) is 0 Å². The quantitative estimate of drug-likeness (QED) is 0.584. The summed E-state index contributed by atoms with van der Waals surface area (Å²) in [5.74, 6) is 3.01. The second-order valence-electron chi connectivity index (χ2n) is 2.81. The molecular formula is C8H17S. The summed E-state index contributed by atoms with van der Waals surface area (Å²) in [6.07, 6.45) is 1.33. The third-order valence-electron chi connectivity index (χ3n) is 1.17. The third kappa shape index (κ3) is 6.23. The summed E-state index contributed by atoms with van der Waals surface area (Å²) in [7, 11) is 0. The number of hydrogen-bond acceptors (Lipinski definition) is 1. The van der Waals surface area contributed by atoms with Crippen LogP contribution in [0.1, 0.15) is 34.1 Å². The lowest BCUT2D eigenvalue weighted by Crippen LogP contribution is -2.00. The van der Waals surface area contributed by atoms with Crippen molar-refractivity contribution in [1.82, 2.24) is 0 Å². The topological polar surface area (TPSA) is 0 Å². The Hall–Kier alpha value is 0.350. The SMILES string of the molecule is C[CH]SC(C)CC(C)C. The van der Waals surface area contributed by atoms with Crippen molar-refractivity contribution in [3.63, 3.8) is 0 Å². The van der Waals surface area contributed by atoms with Crippen LogP contribution in [-0.4, -0.2) is 5.25 Å². The summed E-state index contributed by atoms with van der Waals surface area (Å²) in [6, 6.07) is 0. The molecule has 0 aromatic carbocycles. The lowest BCUT2D eigenvalue weighted by molar-refractivity contribution is 0.585. The number of rotatable bonds is 4. The number of thioether (sulfide) groups is 1. The molecule has 1 heteroatoms. The molecule has 9 heavy (non-hydrogen) atoms.